The van der Waals surface area contributed by atoms with Crippen molar-refractivity contribution in [1.82, 2.24) is 9.55 Å². The van der Waals surface area contributed by atoms with E-state index in [-0.39, 0.29) is 5.69 Å². The largest absolute Gasteiger partial charge is 0.399 e. The molecule has 0 saturated heterocycles. The van der Waals surface area contributed by atoms with E-state index in [4.69, 9.17) is 5.73 Å². The van der Waals surface area contributed by atoms with Crippen LogP contribution in [0.3, 0.4) is 0 Å². The van der Waals surface area contributed by atoms with Crippen LogP contribution in [0.25, 0.3) is 11.0 Å². The third-order valence-corrected chi connectivity index (χ3v) is 2.11. The summed E-state index contributed by atoms with van der Waals surface area (Å²) in [5.74, 6) is 0. The third kappa shape index (κ3) is 1.11. The standard InChI is InChI=1S/C9H11N3O/c1-2-12-8-4-3-6(10)5-7(8)11-9(12)13/h3-5H,2,10H2,1H3,(H,11,13). The Bertz CT molecular complexity index is 495. The first-order chi connectivity index (χ1) is 6.22. The molecule has 0 unspecified atom stereocenters. The van der Waals surface area contributed by atoms with Crippen molar-refractivity contribution >= 4 is 16.7 Å². The fourth-order valence-corrected chi connectivity index (χ4v) is 1.50. The third-order valence-electron chi connectivity index (χ3n) is 2.11. The lowest BCUT2D eigenvalue weighted by molar-refractivity contribution is 0.753. The van der Waals surface area contributed by atoms with E-state index in [1.165, 1.54) is 0 Å². The Balaban J connectivity index is 2.87. The summed E-state index contributed by atoms with van der Waals surface area (Å²) in [5.41, 5.74) is 7.88. The van der Waals surface area contributed by atoms with Crippen molar-refractivity contribution < 1.29 is 0 Å². The number of nitrogens with zero attached hydrogens (tertiary/aromatic N) is 1. The van der Waals surface area contributed by atoms with Gasteiger partial charge in [-0.3, -0.25) is 4.57 Å². The molecule has 1 aromatic carbocycles. The number of H-pyrrole nitrogens is 1. The number of aromatic nitrogens is 2. The van der Waals surface area contributed by atoms with Crippen molar-refractivity contribution in [3.8, 4) is 0 Å². The minimum absolute atomic E-state index is 0.0805. The van der Waals surface area contributed by atoms with Gasteiger partial charge in [-0.05, 0) is 25.1 Å². The molecule has 0 atom stereocenters. The van der Waals surface area contributed by atoms with Crippen LogP contribution in [0, 0.1) is 0 Å². The van der Waals surface area contributed by atoms with Gasteiger partial charge in [-0.15, -0.1) is 0 Å². The number of anilines is 1. The summed E-state index contributed by atoms with van der Waals surface area (Å²) < 4.78 is 1.68. The van der Waals surface area contributed by atoms with E-state index in [1.807, 2.05) is 13.0 Å². The van der Waals surface area contributed by atoms with Crippen molar-refractivity contribution in [3.05, 3.63) is 28.7 Å². The molecule has 0 amide bonds. The number of imidazole rings is 1. The quantitative estimate of drug-likeness (QED) is 0.636. The zero-order valence-electron chi connectivity index (χ0n) is 7.37. The first-order valence-corrected chi connectivity index (χ1v) is 4.20. The summed E-state index contributed by atoms with van der Waals surface area (Å²) in [5, 5.41) is 0. The zero-order chi connectivity index (χ0) is 9.42. The van der Waals surface area contributed by atoms with E-state index < -0.39 is 0 Å². The number of aryl methyl sites for hydroxylation is 1. The molecule has 0 spiro atoms. The first-order valence-electron chi connectivity index (χ1n) is 4.20. The predicted octanol–water partition coefficient (Wildman–Crippen LogP) is 0.932. The average Bonchev–Trinajstić information content (AvgIpc) is 2.39. The Morgan fingerprint density at radius 1 is 1.54 bits per heavy atom. The number of hydrogen-bond donors (Lipinski definition) is 2. The van der Waals surface area contributed by atoms with Gasteiger partial charge in [0.2, 0.25) is 0 Å². The van der Waals surface area contributed by atoms with E-state index in [1.54, 1.807) is 16.7 Å². The van der Waals surface area contributed by atoms with E-state index in [0.717, 1.165) is 11.0 Å². The van der Waals surface area contributed by atoms with E-state index in [0.29, 0.717) is 12.2 Å². The summed E-state index contributed by atoms with van der Waals surface area (Å²) >= 11 is 0. The van der Waals surface area contributed by atoms with Crippen molar-refractivity contribution in [2.75, 3.05) is 5.73 Å². The van der Waals surface area contributed by atoms with Gasteiger partial charge in [0, 0.05) is 12.2 Å². The molecule has 0 aliphatic rings. The molecular formula is C9H11N3O. The van der Waals surface area contributed by atoms with Crippen molar-refractivity contribution in [3.63, 3.8) is 0 Å². The van der Waals surface area contributed by atoms with Gasteiger partial charge in [-0.1, -0.05) is 0 Å². The molecular weight excluding hydrogens is 166 g/mol. The average molecular weight is 177 g/mol. The Kier molecular flexibility index (Phi) is 1.62. The molecule has 13 heavy (non-hydrogen) atoms. The lowest BCUT2D eigenvalue weighted by Gasteiger charge is -1.97. The summed E-state index contributed by atoms with van der Waals surface area (Å²) in [6.45, 7) is 2.60. The number of rotatable bonds is 1. The number of nitrogens with two attached hydrogens (primary N) is 1. The summed E-state index contributed by atoms with van der Waals surface area (Å²) in [7, 11) is 0. The lowest BCUT2D eigenvalue weighted by Crippen LogP contribution is -2.14. The van der Waals surface area contributed by atoms with Crippen molar-refractivity contribution in [2.45, 2.75) is 13.5 Å². The van der Waals surface area contributed by atoms with Gasteiger partial charge in [0.1, 0.15) is 0 Å². The number of nitrogens with one attached hydrogen (secondary N) is 1. The molecule has 0 radical (unpaired) electrons. The normalized spacial score (nSPS) is 10.8. The number of fused-ring (bicyclic) bond motifs is 1. The van der Waals surface area contributed by atoms with Crippen LogP contribution in [0.5, 0.6) is 0 Å². The van der Waals surface area contributed by atoms with Gasteiger partial charge in [0.05, 0.1) is 11.0 Å². The molecule has 1 aromatic heterocycles. The van der Waals surface area contributed by atoms with Crippen LogP contribution in [0.2, 0.25) is 0 Å². The zero-order valence-corrected chi connectivity index (χ0v) is 7.37. The Labute approximate surface area is 75.0 Å². The molecule has 3 N–H and O–H groups in total. The molecule has 2 aromatic rings. The Hall–Kier alpha value is -1.71. The Morgan fingerprint density at radius 3 is 3.00 bits per heavy atom. The van der Waals surface area contributed by atoms with Crippen LogP contribution in [0.4, 0.5) is 5.69 Å². The summed E-state index contributed by atoms with van der Waals surface area (Å²) in [6.07, 6.45) is 0. The van der Waals surface area contributed by atoms with Gasteiger partial charge in [0.25, 0.3) is 0 Å². The van der Waals surface area contributed by atoms with Crippen molar-refractivity contribution in [1.29, 1.82) is 0 Å². The van der Waals surface area contributed by atoms with Gasteiger partial charge in [-0.2, -0.15) is 0 Å². The topological polar surface area (TPSA) is 63.8 Å². The highest BCUT2D eigenvalue weighted by Gasteiger charge is 2.03. The minimum Gasteiger partial charge on any atom is -0.399 e. The SMILES string of the molecule is CCn1c(=O)[nH]c2cc(N)ccc21. The van der Waals surface area contributed by atoms with E-state index in [9.17, 15) is 4.79 Å². The second kappa shape index (κ2) is 2.65. The molecule has 4 nitrogen and oxygen atoms in total. The number of aromatic amines is 1. The van der Waals surface area contributed by atoms with E-state index >= 15 is 0 Å². The molecule has 2 rings (SSSR count). The molecule has 0 aliphatic carbocycles. The fourth-order valence-electron chi connectivity index (χ4n) is 1.50. The monoisotopic (exact) mass is 177 g/mol. The lowest BCUT2D eigenvalue weighted by atomic mass is 10.3. The maximum absolute atomic E-state index is 11.3. The van der Waals surface area contributed by atoms with Gasteiger partial charge in [0.15, 0.2) is 0 Å². The molecule has 0 fully saturated rings. The van der Waals surface area contributed by atoms with Crippen LogP contribution in [0.1, 0.15) is 6.92 Å². The second-order valence-electron chi connectivity index (χ2n) is 2.95. The fraction of sp³-hybridized carbons (Fsp3) is 0.222. The van der Waals surface area contributed by atoms with Gasteiger partial charge >= 0.3 is 5.69 Å². The van der Waals surface area contributed by atoms with E-state index in [2.05, 4.69) is 4.98 Å². The maximum Gasteiger partial charge on any atom is 0.326 e. The van der Waals surface area contributed by atoms with Crippen LogP contribution in [-0.2, 0) is 6.54 Å². The highest BCUT2D eigenvalue weighted by Crippen LogP contribution is 2.13. The highest BCUT2D eigenvalue weighted by molar-refractivity contribution is 5.78. The highest BCUT2D eigenvalue weighted by atomic mass is 16.1. The van der Waals surface area contributed by atoms with Gasteiger partial charge in [-0.25, -0.2) is 4.79 Å². The van der Waals surface area contributed by atoms with Crippen molar-refractivity contribution in [2.24, 2.45) is 0 Å². The number of hydrogen-bond acceptors (Lipinski definition) is 2. The Morgan fingerprint density at radius 2 is 2.31 bits per heavy atom. The summed E-state index contributed by atoms with van der Waals surface area (Å²) in [4.78, 5) is 14.1. The molecule has 1 heterocycles. The van der Waals surface area contributed by atoms with Crippen LogP contribution < -0.4 is 11.4 Å². The predicted molar refractivity (Wildman–Crippen MR) is 52.6 cm³/mol. The minimum atomic E-state index is -0.0805. The van der Waals surface area contributed by atoms with Crippen LogP contribution in [-0.4, -0.2) is 9.55 Å². The number of nitrogen functional groups attached to an aromatic ring is 1. The molecule has 68 valence electrons. The molecule has 0 saturated carbocycles. The molecule has 4 heteroatoms. The van der Waals surface area contributed by atoms with Gasteiger partial charge < -0.3 is 10.7 Å². The molecule has 0 aliphatic heterocycles. The molecule has 0 bridgehead atoms. The van der Waals surface area contributed by atoms with Crippen LogP contribution >= 0.6 is 0 Å². The summed E-state index contributed by atoms with van der Waals surface area (Å²) in [6, 6.07) is 5.41. The number of benzene rings is 1. The maximum atomic E-state index is 11.3. The second-order valence-corrected chi connectivity index (χ2v) is 2.95. The van der Waals surface area contributed by atoms with Crippen LogP contribution in [0.15, 0.2) is 23.0 Å². The first kappa shape index (κ1) is 7.91. The smallest absolute Gasteiger partial charge is 0.326 e.